The lowest BCUT2D eigenvalue weighted by Crippen LogP contribution is -2.07. The number of aliphatic hydroxyl groups excluding tert-OH is 1. The Bertz CT molecular complexity index is 666. The molecule has 0 saturated heterocycles. The molecule has 0 spiro atoms. The van der Waals surface area contributed by atoms with E-state index in [1.165, 1.54) is 0 Å². The second-order valence-corrected chi connectivity index (χ2v) is 7.06. The molecule has 1 unspecified atom stereocenters. The molecule has 0 aromatic heterocycles. The Morgan fingerprint density at radius 3 is 2.38 bits per heavy atom. The van der Waals surface area contributed by atoms with Crippen molar-refractivity contribution in [1.29, 1.82) is 0 Å². The predicted octanol–water partition coefficient (Wildman–Crippen LogP) is 5.57. The van der Waals surface area contributed by atoms with Crippen LogP contribution in [0.25, 0.3) is 0 Å². The van der Waals surface area contributed by atoms with E-state index in [1.54, 1.807) is 19.2 Å². The molecule has 2 aromatic rings. The van der Waals surface area contributed by atoms with Gasteiger partial charge in [0.1, 0.15) is 11.9 Å². The molecule has 1 atom stereocenters. The van der Waals surface area contributed by atoms with Crippen LogP contribution in [0.1, 0.15) is 28.4 Å². The molecule has 0 amide bonds. The van der Waals surface area contributed by atoms with Crippen LogP contribution in [0.2, 0.25) is 5.02 Å². The summed E-state index contributed by atoms with van der Waals surface area (Å²) >= 11 is 13.0. The number of methoxy groups -OCH3 is 1. The molecule has 0 bridgehead atoms. The van der Waals surface area contributed by atoms with Crippen LogP contribution in [0, 0.1) is 13.8 Å². The number of hydrogen-bond acceptors (Lipinski definition) is 2. The van der Waals surface area contributed by atoms with Gasteiger partial charge in [0, 0.05) is 19.5 Å². The maximum Gasteiger partial charge on any atom is 0.128 e. The highest BCUT2D eigenvalue weighted by atomic mass is 79.9. The standard InChI is InChI=1S/C16H15Br2ClO2/c1-8-4-13(18)9(2)14(16(8)21-3)15(20)10-5-11(17)7-12(19)6-10/h4-7,15,20H,1-3H3. The summed E-state index contributed by atoms with van der Waals surface area (Å²) in [7, 11) is 1.61. The predicted molar refractivity (Wildman–Crippen MR) is 93.4 cm³/mol. The summed E-state index contributed by atoms with van der Waals surface area (Å²) in [5.41, 5.74) is 3.37. The van der Waals surface area contributed by atoms with Crippen LogP contribution in [0.15, 0.2) is 33.2 Å². The zero-order chi connectivity index (χ0) is 15.7. The Morgan fingerprint density at radius 1 is 1.14 bits per heavy atom. The van der Waals surface area contributed by atoms with Crippen molar-refractivity contribution < 1.29 is 9.84 Å². The van der Waals surface area contributed by atoms with Crippen LogP contribution < -0.4 is 4.74 Å². The van der Waals surface area contributed by atoms with E-state index in [2.05, 4.69) is 31.9 Å². The molecule has 1 N–H and O–H groups in total. The van der Waals surface area contributed by atoms with Gasteiger partial charge in [-0.1, -0.05) is 43.5 Å². The second-order valence-electron chi connectivity index (χ2n) is 4.85. The number of halogens is 3. The first-order chi connectivity index (χ1) is 9.85. The SMILES string of the molecule is COc1c(C)cc(Br)c(C)c1C(O)c1cc(Cl)cc(Br)c1. The van der Waals surface area contributed by atoms with Crippen LogP contribution in [0.3, 0.4) is 0 Å². The van der Waals surface area contributed by atoms with Gasteiger partial charge >= 0.3 is 0 Å². The lowest BCUT2D eigenvalue weighted by atomic mass is 9.94. The van der Waals surface area contributed by atoms with Crippen molar-refractivity contribution in [3.05, 3.63) is 60.5 Å². The van der Waals surface area contributed by atoms with Gasteiger partial charge in [0.15, 0.2) is 0 Å². The van der Waals surface area contributed by atoms with Crippen molar-refractivity contribution in [2.24, 2.45) is 0 Å². The number of aryl methyl sites for hydroxylation is 1. The Morgan fingerprint density at radius 2 is 1.81 bits per heavy atom. The Hall–Kier alpha value is -0.550. The fraction of sp³-hybridized carbons (Fsp3) is 0.250. The van der Waals surface area contributed by atoms with E-state index in [9.17, 15) is 5.11 Å². The van der Waals surface area contributed by atoms with E-state index in [-0.39, 0.29) is 0 Å². The van der Waals surface area contributed by atoms with Crippen molar-refractivity contribution in [2.45, 2.75) is 20.0 Å². The Balaban J connectivity index is 2.64. The fourth-order valence-corrected chi connectivity index (χ4v) is 3.82. The fourth-order valence-electron chi connectivity index (χ4n) is 2.38. The summed E-state index contributed by atoms with van der Waals surface area (Å²) in [5.74, 6) is 0.694. The molecule has 0 aliphatic carbocycles. The number of ether oxygens (including phenoxy) is 1. The maximum absolute atomic E-state index is 10.8. The highest BCUT2D eigenvalue weighted by Gasteiger charge is 2.22. The van der Waals surface area contributed by atoms with Crippen molar-refractivity contribution in [1.82, 2.24) is 0 Å². The summed E-state index contributed by atoms with van der Waals surface area (Å²) < 4.78 is 7.26. The van der Waals surface area contributed by atoms with Crippen LogP contribution in [-0.4, -0.2) is 12.2 Å². The maximum atomic E-state index is 10.8. The van der Waals surface area contributed by atoms with E-state index in [0.29, 0.717) is 16.3 Å². The molecule has 0 heterocycles. The third-order valence-corrected chi connectivity index (χ3v) is 4.89. The van der Waals surface area contributed by atoms with Gasteiger partial charge < -0.3 is 9.84 Å². The number of benzene rings is 2. The highest BCUT2D eigenvalue weighted by Crippen LogP contribution is 2.39. The molecule has 2 nitrogen and oxygen atoms in total. The summed E-state index contributed by atoms with van der Waals surface area (Å²) in [6, 6.07) is 7.38. The Kier molecular flexibility index (Phi) is 5.36. The van der Waals surface area contributed by atoms with Crippen molar-refractivity contribution in [3.8, 4) is 5.75 Å². The molecular formula is C16H15Br2ClO2. The van der Waals surface area contributed by atoms with Gasteiger partial charge in [-0.15, -0.1) is 0 Å². The number of rotatable bonds is 3. The minimum Gasteiger partial charge on any atom is -0.496 e. The first-order valence-corrected chi connectivity index (χ1v) is 8.29. The van der Waals surface area contributed by atoms with Crippen molar-refractivity contribution in [2.75, 3.05) is 7.11 Å². The van der Waals surface area contributed by atoms with Crippen LogP contribution >= 0.6 is 43.5 Å². The number of aliphatic hydroxyl groups is 1. The molecule has 112 valence electrons. The van der Waals surface area contributed by atoms with Gasteiger partial charge in [-0.2, -0.15) is 0 Å². The normalized spacial score (nSPS) is 12.3. The largest absolute Gasteiger partial charge is 0.496 e. The molecule has 2 rings (SSSR count). The van der Waals surface area contributed by atoms with E-state index in [1.807, 2.05) is 26.0 Å². The highest BCUT2D eigenvalue weighted by molar-refractivity contribution is 9.10. The molecule has 5 heteroatoms. The molecule has 0 fully saturated rings. The average Bonchev–Trinajstić information content (AvgIpc) is 2.40. The lowest BCUT2D eigenvalue weighted by Gasteiger charge is -2.21. The third kappa shape index (κ3) is 3.45. The minimum atomic E-state index is -0.814. The van der Waals surface area contributed by atoms with Crippen molar-refractivity contribution in [3.63, 3.8) is 0 Å². The van der Waals surface area contributed by atoms with E-state index < -0.39 is 6.10 Å². The molecule has 0 aliphatic rings. The minimum absolute atomic E-state index is 0.571. The zero-order valence-corrected chi connectivity index (χ0v) is 15.8. The molecule has 0 radical (unpaired) electrons. The smallest absolute Gasteiger partial charge is 0.128 e. The van der Waals surface area contributed by atoms with E-state index >= 15 is 0 Å². The summed E-state index contributed by atoms with van der Waals surface area (Å²) in [6.07, 6.45) is -0.814. The van der Waals surface area contributed by atoms with Crippen molar-refractivity contribution >= 4 is 43.5 Å². The molecular weight excluding hydrogens is 419 g/mol. The quantitative estimate of drug-likeness (QED) is 0.684. The van der Waals surface area contributed by atoms with E-state index in [4.69, 9.17) is 16.3 Å². The van der Waals surface area contributed by atoms with Gasteiger partial charge in [-0.3, -0.25) is 0 Å². The Labute approximate surface area is 146 Å². The molecule has 21 heavy (non-hydrogen) atoms. The van der Waals surface area contributed by atoms with Crippen LogP contribution in [0.4, 0.5) is 0 Å². The van der Waals surface area contributed by atoms with Gasteiger partial charge in [-0.25, -0.2) is 0 Å². The first kappa shape index (κ1) is 16.8. The molecule has 2 aromatic carbocycles. The second kappa shape index (κ2) is 6.69. The van der Waals surface area contributed by atoms with Crippen LogP contribution in [0.5, 0.6) is 5.75 Å². The third-order valence-electron chi connectivity index (χ3n) is 3.39. The summed E-state index contributed by atoms with van der Waals surface area (Å²) in [6.45, 7) is 3.90. The van der Waals surface area contributed by atoms with Gasteiger partial charge in [0.2, 0.25) is 0 Å². The topological polar surface area (TPSA) is 29.5 Å². The van der Waals surface area contributed by atoms with Gasteiger partial charge in [-0.05, 0) is 54.8 Å². The number of hydrogen-bond donors (Lipinski definition) is 1. The van der Waals surface area contributed by atoms with Gasteiger partial charge in [0.25, 0.3) is 0 Å². The van der Waals surface area contributed by atoms with Gasteiger partial charge in [0.05, 0.1) is 7.11 Å². The summed E-state index contributed by atoms with van der Waals surface area (Å²) in [5, 5.41) is 11.4. The summed E-state index contributed by atoms with van der Waals surface area (Å²) in [4.78, 5) is 0. The van der Waals surface area contributed by atoms with E-state index in [0.717, 1.165) is 25.6 Å². The lowest BCUT2D eigenvalue weighted by molar-refractivity contribution is 0.213. The monoisotopic (exact) mass is 432 g/mol. The van der Waals surface area contributed by atoms with Crippen LogP contribution in [-0.2, 0) is 0 Å². The molecule has 0 aliphatic heterocycles. The average molecular weight is 435 g/mol. The zero-order valence-electron chi connectivity index (χ0n) is 11.9. The first-order valence-electron chi connectivity index (χ1n) is 6.32. The molecule has 0 saturated carbocycles.